The molecule has 8 N–H and O–H groups in total. The lowest BCUT2D eigenvalue weighted by atomic mass is 10.3. The number of rotatable bonds is 12. The van der Waals surface area contributed by atoms with Gasteiger partial charge in [-0.15, -0.1) is 0 Å². The van der Waals surface area contributed by atoms with Crippen LogP contribution in [0.2, 0.25) is 0 Å². The Labute approximate surface area is 359 Å². The monoisotopic (exact) mass is 864 g/mol. The first-order valence-corrected chi connectivity index (χ1v) is 21.8. The van der Waals surface area contributed by atoms with Gasteiger partial charge in [0.2, 0.25) is 19.7 Å². The first-order chi connectivity index (χ1) is 29.8. The number of hydrogen-bond donors (Lipinski definition) is 4. The first-order valence-electron chi connectivity index (χ1n) is 18.8. The Kier molecular flexibility index (Phi) is 12.6. The van der Waals surface area contributed by atoms with E-state index < -0.39 is 19.7 Å². The van der Waals surface area contributed by atoms with Crippen LogP contribution in [0.25, 0.3) is 0 Å². The zero-order valence-electron chi connectivity index (χ0n) is 32.9. The zero-order chi connectivity index (χ0) is 43.7. The van der Waals surface area contributed by atoms with Gasteiger partial charge in [0.25, 0.3) is 0 Å². The number of sulfone groups is 2. The predicted octanol–water partition coefficient (Wildman–Crippen LogP) is 10.5. The van der Waals surface area contributed by atoms with E-state index in [1.807, 2.05) is 0 Å². The van der Waals surface area contributed by atoms with Crippen molar-refractivity contribution >= 4 is 42.4 Å². The molecule has 0 heterocycles. The van der Waals surface area contributed by atoms with Gasteiger partial charge >= 0.3 is 0 Å². The lowest BCUT2D eigenvalue weighted by Gasteiger charge is -2.10. The summed E-state index contributed by atoms with van der Waals surface area (Å²) in [5.41, 5.74) is 25.3. The smallest absolute Gasteiger partial charge is 0.206 e. The van der Waals surface area contributed by atoms with Gasteiger partial charge in [0, 0.05) is 34.9 Å². The van der Waals surface area contributed by atoms with E-state index in [0.29, 0.717) is 68.7 Å². The van der Waals surface area contributed by atoms with Crippen LogP contribution in [0.3, 0.4) is 0 Å². The molecule has 0 amide bonds. The molecule has 8 rings (SSSR count). The van der Waals surface area contributed by atoms with Crippen LogP contribution in [0.15, 0.2) is 214 Å². The fraction of sp³-hybridized carbons (Fsp3) is 0. The zero-order valence-corrected chi connectivity index (χ0v) is 34.5. The number of nitrogen functional groups attached to an aromatic ring is 4. The van der Waals surface area contributed by atoms with Gasteiger partial charge in [0.15, 0.2) is 0 Å². The van der Waals surface area contributed by atoms with Gasteiger partial charge in [-0.05, 0) is 170 Å². The molecular weight excluding hydrogens is 825 g/mol. The normalized spacial score (nSPS) is 11.1. The Bertz CT molecular complexity index is 2790. The maximum atomic E-state index is 12.9. The molecule has 312 valence electrons. The third-order valence-electron chi connectivity index (χ3n) is 8.96. The molecule has 0 radical (unpaired) electrons. The molecule has 8 aromatic rings. The Morgan fingerprint density at radius 2 is 0.484 bits per heavy atom. The second-order valence-corrected chi connectivity index (χ2v) is 17.5. The van der Waals surface area contributed by atoms with E-state index in [1.165, 1.54) is 48.5 Å². The molecule has 0 spiro atoms. The van der Waals surface area contributed by atoms with Gasteiger partial charge in [0.1, 0.15) is 46.0 Å². The number of nitrogens with two attached hydrogens (primary N) is 4. The Morgan fingerprint density at radius 3 is 0.726 bits per heavy atom. The van der Waals surface area contributed by atoms with Crippen molar-refractivity contribution in [2.75, 3.05) is 22.9 Å². The SMILES string of the molecule is Nc1ccc(Oc2ccc(S(=O)(=O)c3ccc(Oc4ccc(N)cc4)cc3)cc2)cc1.Nc1cccc(Oc2ccc(S(=O)(=O)c3ccc(Oc4cccc(N)c4)cc3)cc2)c1. The topological polar surface area (TPSA) is 209 Å². The largest absolute Gasteiger partial charge is 0.457 e. The number of ether oxygens (including phenoxy) is 4. The molecule has 0 unspecified atom stereocenters. The van der Waals surface area contributed by atoms with Crippen LogP contribution in [-0.2, 0) is 19.7 Å². The van der Waals surface area contributed by atoms with Crippen LogP contribution in [0, 0.1) is 0 Å². The van der Waals surface area contributed by atoms with Crippen molar-refractivity contribution in [2.45, 2.75) is 19.6 Å². The minimum atomic E-state index is -3.68. The van der Waals surface area contributed by atoms with E-state index in [4.69, 9.17) is 41.9 Å². The Balaban J connectivity index is 0.000000186. The fourth-order valence-electron chi connectivity index (χ4n) is 5.79. The summed E-state index contributed by atoms with van der Waals surface area (Å²) in [5.74, 6) is 4.44. The van der Waals surface area contributed by atoms with Crippen molar-refractivity contribution in [2.24, 2.45) is 0 Å². The molecular formula is C48H40N4O8S2. The molecule has 0 aromatic heterocycles. The van der Waals surface area contributed by atoms with Crippen LogP contribution >= 0.6 is 0 Å². The number of benzene rings is 8. The second kappa shape index (κ2) is 18.5. The molecule has 8 aromatic carbocycles. The molecule has 0 aliphatic carbocycles. The Morgan fingerprint density at radius 1 is 0.258 bits per heavy atom. The third-order valence-corrected chi connectivity index (χ3v) is 12.5. The molecule has 0 saturated carbocycles. The van der Waals surface area contributed by atoms with Crippen LogP contribution < -0.4 is 41.9 Å². The van der Waals surface area contributed by atoms with E-state index in [0.717, 1.165) is 0 Å². The van der Waals surface area contributed by atoms with Gasteiger partial charge in [-0.25, -0.2) is 16.8 Å². The molecule has 0 atom stereocenters. The number of anilines is 4. The molecule has 0 bridgehead atoms. The number of hydrogen-bond acceptors (Lipinski definition) is 12. The summed E-state index contributed by atoms with van der Waals surface area (Å²) in [5, 5.41) is 0. The molecule has 0 aliphatic rings. The standard InChI is InChI=1S/2C24H20N2O4S/c25-17-1-5-19(6-2-17)29-21-9-13-23(14-10-21)31(27,28)24-15-11-22(12-16-24)30-20-7-3-18(26)4-8-20;25-17-3-1-5-21(15-17)29-19-7-11-23(12-8-19)31(27,28)24-13-9-20(10-14-24)30-22-6-2-4-18(26)16-22/h2*1-16H,25-26H2. The summed E-state index contributed by atoms with van der Waals surface area (Å²) >= 11 is 0. The molecule has 14 heteroatoms. The maximum Gasteiger partial charge on any atom is 0.206 e. The lowest BCUT2D eigenvalue weighted by Crippen LogP contribution is -2.02. The van der Waals surface area contributed by atoms with Crippen molar-refractivity contribution < 1.29 is 35.8 Å². The highest BCUT2D eigenvalue weighted by atomic mass is 32.2. The van der Waals surface area contributed by atoms with Gasteiger partial charge < -0.3 is 41.9 Å². The van der Waals surface area contributed by atoms with Crippen molar-refractivity contribution in [1.82, 2.24) is 0 Å². The summed E-state index contributed by atoms with van der Waals surface area (Å²) in [6.07, 6.45) is 0. The lowest BCUT2D eigenvalue weighted by molar-refractivity contribution is 0.481. The average molecular weight is 865 g/mol. The average Bonchev–Trinajstić information content (AvgIpc) is 3.26. The molecule has 62 heavy (non-hydrogen) atoms. The van der Waals surface area contributed by atoms with Gasteiger partial charge in [-0.1, -0.05) is 12.1 Å². The maximum absolute atomic E-state index is 12.9. The van der Waals surface area contributed by atoms with Gasteiger partial charge in [-0.2, -0.15) is 0 Å². The minimum absolute atomic E-state index is 0.164. The molecule has 12 nitrogen and oxygen atoms in total. The summed E-state index contributed by atoms with van der Waals surface area (Å²) in [7, 11) is -7.36. The molecule has 0 saturated heterocycles. The summed E-state index contributed by atoms with van der Waals surface area (Å²) in [6.45, 7) is 0. The van der Waals surface area contributed by atoms with Gasteiger partial charge in [-0.3, -0.25) is 0 Å². The van der Waals surface area contributed by atoms with Crippen molar-refractivity contribution in [1.29, 1.82) is 0 Å². The highest BCUT2D eigenvalue weighted by molar-refractivity contribution is 7.91. The first kappa shape index (κ1) is 42.2. The van der Waals surface area contributed by atoms with Crippen LogP contribution in [-0.4, -0.2) is 16.8 Å². The van der Waals surface area contributed by atoms with Crippen molar-refractivity contribution in [3.63, 3.8) is 0 Å². The van der Waals surface area contributed by atoms with E-state index >= 15 is 0 Å². The van der Waals surface area contributed by atoms with Gasteiger partial charge in [0.05, 0.1) is 19.6 Å². The molecule has 0 fully saturated rings. The molecule has 0 aliphatic heterocycles. The highest BCUT2D eigenvalue weighted by Gasteiger charge is 2.19. The fourth-order valence-corrected chi connectivity index (χ4v) is 8.31. The van der Waals surface area contributed by atoms with Crippen molar-refractivity contribution in [3.8, 4) is 46.0 Å². The second-order valence-electron chi connectivity index (χ2n) is 13.6. The van der Waals surface area contributed by atoms with E-state index in [1.54, 1.807) is 146 Å². The van der Waals surface area contributed by atoms with Crippen molar-refractivity contribution in [3.05, 3.63) is 194 Å². The quantitative estimate of drug-likeness (QED) is 0.0846. The minimum Gasteiger partial charge on any atom is -0.457 e. The van der Waals surface area contributed by atoms with E-state index in [2.05, 4.69) is 0 Å². The van der Waals surface area contributed by atoms with E-state index in [-0.39, 0.29) is 19.6 Å². The summed E-state index contributed by atoms with van der Waals surface area (Å²) in [6, 6.07) is 52.9. The van der Waals surface area contributed by atoms with Crippen LogP contribution in [0.4, 0.5) is 22.7 Å². The van der Waals surface area contributed by atoms with E-state index in [9.17, 15) is 16.8 Å². The predicted molar refractivity (Wildman–Crippen MR) is 240 cm³/mol. The van der Waals surface area contributed by atoms with Crippen LogP contribution in [0.1, 0.15) is 0 Å². The van der Waals surface area contributed by atoms with Crippen LogP contribution in [0.5, 0.6) is 46.0 Å². The third kappa shape index (κ3) is 10.8. The highest BCUT2D eigenvalue weighted by Crippen LogP contribution is 2.31. The summed E-state index contributed by atoms with van der Waals surface area (Å²) in [4.78, 5) is 0.669. The Hall–Kier alpha value is -7.94. The summed E-state index contributed by atoms with van der Waals surface area (Å²) < 4.78 is 74.6.